The molecule has 0 radical (unpaired) electrons. The van der Waals surface area contributed by atoms with Crippen LogP contribution in [0.15, 0.2) is 40.9 Å². The maximum atomic E-state index is 11.9. The smallest absolute Gasteiger partial charge is 0.315 e. The van der Waals surface area contributed by atoms with Crippen LogP contribution in [-0.2, 0) is 6.54 Å². The van der Waals surface area contributed by atoms with Crippen molar-refractivity contribution in [3.63, 3.8) is 0 Å². The minimum Gasteiger partial charge on any atom is -0.393 e. The summed E-state index contributed by atoms with van der Waals surface area (Å²) in [4.78, 5) is 11.9. The van der Waals surface area contributed by atoms with Crippen LogP contribution in [-0.4, -0.2) is 28.4 Å². The molecule has 3 rings (SSSR count). The van der Waals surface area contributed by atoms with Crippen molar-refractivity contribution in [2.75, 3.05) is 0 Å². The van der Waals surface area contributed by atoms with E-state index in [9.17, 15) is 9.90 Å². The van der Waals surface area contributed by atoms with Crippen molar-refractivity contribution in [1.82, 2.24) is 15.8 Å². The molecule has 0 aliphatic heterocycles. The number of aromatic nitrogens is 1. The van der Waals surface area contributed by atoms with Gasteiger partial charge >= 0.3 is 6.03 Å². The first-order valence-electron chi connectivity index (χ1n) is 7.94. The van der Waals surface area contributed by atoms with Gasteiger partial charge in [-0.2, -0.15) is 0 Å². The van der Waals surface area contributed by atoms with Gasteiger partial charge < -0.3 is 20.3 Å². The molecule has 2 aromatic rings. The molecule has 122 valence electrons. The normalized spacial score (nSPS) is 20.9. The lowest BCUT2D eigenvalue weighted by Gasteiger charge is -2.26. The van der Waals surface area contributed by atoms with Crippen LogP contribution in [0, 0.1) is 0 Å². The molecular weight excluding hydrogens is 294 g/mol. The Balaban J connectivity index is 1.47. The Kier molecular flexibility index (Phi) is 4.92. The van der Waals surface area contributed by atoms with Gasteiger partial charge in [-0.25, -0.2) is 4.79 Å². The Labute approximate surface area is 134 Å². The van der Waals surface area contributed by atoms with Gasteiger partial charge in [-0.15, -0.1) is 0 Å². The molecule has 23 heavy (non-hydrogen) atoms. The first-order valence-corrected chi connectivity index (χ1v) is 7.94. The molecule has 1 aromatic heterocycles. The van der Waals surface area contributed by atoms with Crippen LogP contribution in [0.3, 0.4) is 0 Å². The van der Waals surface area contributed by atoms with Crippen LogP contribution in [0.25, 0.3) is 11.3 Å². The predicted molar refractivity (Wildman–Crippen MR) is 85.6 cm³/mol. The molecule has 1 aliphatic carbocycles. The summed E-state index contributed by atoms with van der Waals surface area (Å²) >= 11 is 0. The number of carbonyl (C=O) groups excluding carboxylic acids is 1. The summed E-state index contributed by atoms with van der Waals surface area (Å²) in [6.07, 6.45) is 2.90. The van der Waals surface area contributed by atoms with E-state index in [-0.39, 0.29) is 18.2 Å². The fraction of sp³-hybridized carbons (Fsp3) is 0.412. The molecule has 0 bridgehead atoms. The van der Waals surface area contributed by atoms with Crippen molar-refractivity contribution in [3.05, 3.63) is 42.2 Å². The second-order valence-electron chi connectivity index (χ2n) is 5.88. The molecule has 3 N–H and O–H groups in total. The van der Waals surface area contributed by atoms with Gasteiger partial charge in [-0.1, -0.05) is 35.5 Å². The van der Waals surface area contributed by atoms with Crippen molar-refractivity contribution in [2.45, 2.75) is 44.4 Å². The van der Waals surface area contributed by atoms with E-state index < -0.39 is 0 Å². The summed E-state index contributed by atoms with van der Waals surface area (Å²) in [5.74, 6) is 0.609. The first kappa shape index (κ1) is 15.6. The minimum atomic E-state index is -0.221. The zero-order chi connectivity index (χ0) is 16.1. The van der Waals surface area contributed by atoms with Crippen molar-refractivity contribution in [1.29, 1.82) is 0 Å². The number of nitrogens with zero attached hydrogens (tertiary/aromatic N) is 1. The Morgan fingerprint density at radius 1 is 1.22 bits per heavy atom. The number of aliphatic hydroxyl groups excluding tert-OH is 1. The molecule has 1 aliphatic rings. The summed E-state index contributed by atoms with van der Waals surface area (Å²) in [5, 5.41) is 19.2. The van der Waals surface area contributed by atoms with Gasteiger partial charge in [0.15, 0.2) is 5.76 Å². The highest BCUT2D eigenvalue weighted by molar-refractivity contribution is 5.74. The third kappa shape index (κ3) is 4.32. The van der Waals surface area contributed by atoms with Crippen LogP contribution in [0.2, 0.25) is 0 Å². The van der Waals surface area contributed by atoms with Crippen molar-refractivity contribution < 1.29 is 14.4 Å². The second-order valence-corrected chi connectivity index (χ2v) is 5.88. The van der Waals surface area contributed by atoms with Crippen molar-refractivity contribution in [2.24, 2.45) is 0 Å². The fourth-order valence-electron chi connectivity index (χ4n) is 2.77. The highest BCUT2D eigenvalue weighted by Crippen LogP contribution is 2.19. The lowest BCUT2D eigenvalue weighted by molar-refractivity contribution is 0.117. The summed E-state index contributed by atoms with van der Waals surface area (Å²) in [6.45, 7) is 0.293. The molecule has 1 aromatic carbocycles. The summed E-state index contributed by atoms with van der Waals surface area (Å²) in [6, 6.07) is 11.5. The monoisotopic (exact) mass is 315 g/mol. The van der Waals surface area contributed by atoms with E-state index in [2.05, 4.69) is 15.8 Å². The molecule has 6 heteroatoms. The summed E-state index contributed by atoms with van der Waals surface area (Å²) < 4.78 is 5.25. The van der Waals surface area contributed by atoms with E-state index in [4.69, 9.17) is 4.52 Å². The van der Waals surface area contributed by atoms with Gasteiger partial charge in [0, 0.05) is 17.7 Å². The maximum absolute atomic E-state index is 11.9. The Bertz CT molecular complexity index is 634. The van der Waals surface area contributed by atoms with Gasteiger partial charge in [0.1, 0.15) is 5.69 Å². The van der Waals surface area contributed by atoms with Crippen molar-refractivity contribution in [3.8, 4) is 11.3 Å². The minimum absolute atomic E-state index is 0.132. The molecule has 1 heterocycles. The summed E-state index contributed by atoms with van der Waals surface area (Å²) in [5.41, 5.74) is 1.73. The van der Waals surface area contributed by atoms with Gasteiger partial charge in [0.2, 0.25) is 0 Å². The maximum Gasteiger partial charge on any atom is 0.315 e. The number of carbonyl (C=O) groups is 1. The third-order valence-electron chi connectivity index (χ3n) is 4.08. The molecule has 1 fully saturated rings. The number of urea groups is 1. The standard InChI is InChI=1S/C17H21N3O3/c21-14-8-6-13(7-9-14)19-17(22)18-11-15-10-16(20-23-15)12-4-2-1-3-5-12/h1-5,10,13-14,21H,6-9,11H2,(H2,18,19,22). The third-order valence-corrected chi connectivity index (χ3v) is 4.08. The lowest BCUT2D eigenvalue weighted by Crippen LogP contribution is -2.43. The SMILES string of the molecule is O=C(NCc1cc(-c2ccccc2)no1)NC1CCC(O)CC1. The average molecular weight is 315 g/mol. The van der Waals surface area contributed by atoms with E-state index in [1.165, 1.54) is 0 Å². The fourth-order valence-corrected chi connectivity index (χ4v) is 2.77. The van der Waals surface area contributed by atoms with Crippen molar-refractivity contribution >= 4 is 6.03 Å². The molecule has 0 spiro atoms. The topological polar surface area (TPSA) is 87.4 Å². The van der Waals surface area contributed by atoms with E-state index in [0.29, 0.717) is 12.3 Å². The van der Waals surface area contributed by atoms with Crippen LogP contribution in [0.5, 0.6) is 0 Å². The number of hydrogen-bond acceptors (Lipinski definition) is 4. The molecule has 2 amide bonds. The lowest BCUT2D eigenvalue weighted by atomic mass is 9.93. The average Bonchev–Trinajstić information content (AvgIpc) is 3.05. The van der Waals surface area contributed by atoms with Gasteiger partial charge in [-0.05, 0) is 25.7 Å². The first-order chi connectivity index (χ1) is 11.2. The Morgan fingerprint density at radius 3 is 2.70 bits per heavy atom. The number of benzene rings is 1. The van der Waals surface area contributed by atoms with Gasteiger partial charge in [-0.3, -0.25) is 0 Å². The Morgan fingerprint density at radius 2 is 1.96 bits per heavy atom. The molecule has 1 saturated carbocycles. The van der Waals surface area contributed by atoms with Crippen LogP contribution >= 0.6 is 0 Å². The second kappa shape index (κ2) is 7.28. The van der Waals surface area contributed by atoms with E-state index >= 15 is 0 Å². The summed E-state index contributed by atoms with van der Waals surface area (Å²) in [7, 11) is 0. The molecule has 0 atom stereocenters. The highest BCUT2D eigenvalue weighted by atomic mass is 16.5. The molecule has 6 nitrogen and oxygen atoms in total. The largest absolute Gasteiger partial charge is 0.393 e. The van der Waals surface area contributed by atoms with Gasteiger partial charge in [0.05, 0.1) is 12.6 Å². The predicted octanol–water partition coefficient (Wildman–Crippen LogP) is 2.44. The van der Waals surface area contributed by atoms with E-state index in [1.54, 1.807) is 0 Å². The quantitative estimate of drug-likeness (QED) is 0.808. The van der Waals surface area contributed by atoms with Gasteiger partial charge in [0.25, 0.3) is 0 Å². The van der Waals surface area contributed by atoms with Crippen LogP contribution in [0.4, 0.5) is 4.79 Å². The Hall–Kier alpha value is -2.34. The van der Waals surface area contributed by atoms with E-state index in [0.717, 1.165) is 36.9 Å². The van der Waals surface area contributed by atoms with Crippen LogP contribution < -0.4 is 10.6 Å². The number of rotatable bonds is 4. The molecule has 0 unspecified atom stereocenters. The number of nitrogens with one attached hydrogen (secondary N) is 2. The number of amides is 2. The number of aliphatic hydroxyl groups is 1. The highest BCUT2D eigenvalue weighted by Gasteiger charge is 2.20. The zero-order valence-corrected chi connectivity index (χ0v) is 12.9. The molecule has 0 saturated heterocycles. The van der Waals surface area contributed by atoms with Crippen LogP contribution in [0.1, 0.15) is 31.4 Å². The zero-order valence-electron chi connectivity index (χ0n) is 12.9. The molecular formula is C17H21N3O3. The van der Waals surface area contributed by atoms with E-state index in [1.807, 2.05) is 36.4 Å². The number of hydrogen-bond donors (Lipinski definition) is 3.